The monoisotopic (exact) mass is 319 g/mol. The first-order valence-electron chi connectivity index (χ1n) is 7.08. The van der Waals surface area contributed by atoms with Crippen LogP contribution in [-0.4, -0.2) is 29.0 Å². The molecule has 1 aromatic carbocycles. The lowest BCUT2D eigenvalue weighted by molar-refractivity contribution is 0.0948. The molecule has 5 nitrogen and oxygen atoms in total. The van der Waals surface area contributed by atoms with Gasteiger partial charge in [0.2, 0.25) is 0 Å². The molecule has 2 aromatic rings. The van der Waals surface area contributed by atoms with E-state index >= 15 is 0 Å². The van der Waals surface area contributed by atoms with Gasteiger partial charge in [0.1, 0.15) is 11.4 Å². The zero-order valence-electron chi connectivity index (χ0n) is 12.6. The number of halogens is 1. The predicted octanol–water partition coefficient (Wildman–Crippen LogP) is 2.81. The Morgan fingerprint density at radius 2 is 2.18 bits per heavy atom. The van der Waals surface area contributed by atoms with E-state index < -0.39 is 0 Å². The number of rotatable bonds is 6. The summed E-state index contributed by atoms with van der Waals surface area (Å²) in [5.41, 5.74) is 2.47. The van der Waals surface area contributed by atoms with Gasteiger partial charge in [-0.3, -0.25) is 9.78 Å². The summed E-state index contributed by atoms with van der Waals surface area (Å²) in [5, 5.41) is 3.40. The van der Waals surface area contributed by atoms with Gasteiger partial charge in [-0.1, -0.05) is 11.6 Å². The Hall–Kier alpha value is -2.14. The Labute approximate surface area is 134 Å². The highest BCUT2D eigenvalue weighted by Crippen LogP contribution is 2.28. The molecule has 6 heteroatoms. The summed E-state index contributed by atoms with van der Waals surface area (Å²) in [4.78, 5) is 19.7. The van der Waals surface area contributed by atoms with Gasteiger partial charge in [-0.2, -0.15) is 0 Å². The van der Waals surface area contributed by atoms with Gasteiger partial charge in [-0.25, -0.2) is 4.98 Å². The fraction of sp³-hybridized carbons (Fsp3) is 0.312. The van der Waals surface area contributed by atoms with Crippen LogP contribution in [0.15, 0.2) is 30.7 Å². The number of carbonyl (C=O) groups excluding carboxylic acids is 1. The molecule has 1 amide bonds. The Balaban J connectivity index is 1.95. The normalized spacial score (nSPS) is 10.3. The summed E-state index contributed by atoms with van der Waals surface area (Å²) < 4.78 is 5.46. The third kappa shape index (κ3) is 4.18. The smallest absolute Gasteiger partial charge is 0.271 e. The SMILES string of the molecule is CCOc1cc(C)c(CCNC(=O)c2cnccn2)cc1Cl. The van der Waals surface area contributed by atoms with Crippen LogP contribution in [0.5, 0.6) is 5.75 Å². The fourth-order valence-electron chi connectivity index (χ4n) is 2.05. The van der Waals surface area contributed by atoms with Crippen molar-refractivity contribution in [3.05, 3.63) is 52.6 Å². The molecule has 0 saturated carbocycles. The third-order valence-electron chi connectivity index (χ3n) is 3.17. The molecule has 22 heavy (non-hydrogen) atoms. The van der Waals surface area contributed by atoms with E-state index in [1.165, 1.54) is 18.6 Å². The molecule has 0 aliphatic carbocycles. The number of hydrogen-bond acceptors (Lipinski definition) is 4. The molecule has 0 aliphatic rings. The number of hydrogen-bond donors (Lipinski definition) is 1. The van der Waals surface area contributed by atoms with E-state index in [4.69, 9.17) is 16.3 Å². The first kappa shape index (κ1) is 16.2. The molecule has 116 valence electrons. The zero-order chi connectivity index (χ0) is 15.9. The average molecular weight is 320 g/mol. The van der Waals surface area contributed by atoms with Crippen LogP contribution in [-0.2, 0) is 6.42 Å². The highest BCUT2D eigenvalue weighted by Gasteiger charge is 2.09. The van der Waals surface area contributed by atoms with Crippen LogP contribution >= 0.6 is 11.6 Å². The van der Waals surface area contributed by atoms with E-state index in [1.807, 2.05) is 26.0 Å². The molecule has 2 rings (SSSR count). The number of aromatic nitrogens is 2. The maximum Gasteiger partial charge on any atom is 0.271 e. The maximum atomic E-state index is 11.9. The number of amides is 1. The van der Waals surface area contributed by atoms with Crippen LogP contribution in [0.4, 0.5) is 0 Å². The number of carbonyl (C=O) groups is 1. The molecule has 0 bridgehead atoms. The lowest BCUT2D eigenvalue weighted by atomic mass is 10.1. The lowest BCUT2D eigenvalue weighted by Crippen LogP contribution is -2.26. The Morgan fingerprint density at radius 1 is 1.36 bits per heavy atom. The number of nitrogens with zero attached hydrogens (tertiary/aromatic N) is 2. The molecule has 0 spiro atoms. The van der Waals surface area contributed by atoms with Gasteiger partial charge in [-0.15, -0.1) is 0 Å². The minimum absolute atomic E-state index is 0.234. The van der Waals surface area contributed by atoms with Crippen LogP contribution in [0.2, 0.25) is 5.02 Å². The van der Waals surface area contributed by atoms with Gasteiger partial charge in [0.15, 0.2) is 0 Å². The number of ether oxygens (including phenoxy) is 1. The Morgan fingerprint density at radius 3 is 2.86 bits per heavy atom. The van der Waals surface area contributed by atoms with Crippen LogP contribution in [0, 0.1) is 6.92 Å². The van der Waals surface area contributed by atoms with Crippen molar-refractivity contribution < 1.29 is 9.53 Å². The van der Waals surface area contributed by atoms with E-state index in [1.54, 1.807) is 0 Å². The van der Waals surface area contributed by atoms with Crippen LogP contribution in [0.3, 0.4) is 0 Å². The van der Waals surface area contributed by atoms with E-state index in [0.29, 0.717) is 36.0 Å². The average Bonchev–Trinajstić information content (AvgIpc) is 2.53. The molecule has 0 radical (unpaired) electrons. The molecule has 0 atom stereocenters. The highest BCUT2D eigenvalue weighted by atomic mass is 35.5. The van der Waals surface area contributed by atoms with Crippen molar-refractivity contribution in [1.29, 1.82) is 0 Å². The quantitative estimate of drug-likeness (QED) is 0.889. The summed E-state index contributed by atoms with van der Waals surface area (Å²) in [6, 6.07) is 3.81. The van der Waals surface area contributed by atoms with Crippen molar-refractivity contribution in [2.45, 2.75) is 20.3 Å². The van der Waals surface area contributed by atoms with Gasteiger partial charge >= 0.3 is 0 Å². The van der Waals surface area contributed by atoms with Crippen molar-refractivity contribution in [2.24, 2.45) is 0 Å². The molecular formula is C16H18ClN3O2. The summed E-state index contributed by atoms with van der Waals surface area (Å²) in [5.74, 6) is 0.455. The van der Waals surface area contributed by atoms with E-state index in [2.05, 4.69) is 15.3 Å². The van der Waals surface area contributed by atoms with E-state index in [-0.39, 0.29) is 5.91 Å². The van der Waals surface area contributed by atoms with Crippen LogP contribution < -0.4 is 10.1 Å². The Kier molecular flexibility index (Phi) is 5.72. The van der Waals surface area contributed by atoms with Crippen molar-refractivity contribution in [3.63, 3.8) is 0 Å². The first-order valence-corrected chi connectivity index (χ1v) is 7.45. The molecule has 1 N–H and O–H groups in total. The van der Waals surface area contributed by atoms with Gasteiger partial charge < -0.3 is 10.1 Å². The van der Waals surface area contributed by atoms with E-state index in [9.17, 15) is 4.79 Å². The lowest BCUT2D eigenvalue weighted by Gasteiger charge is -2.12. The first-order chi connectivity index (χ1) is 10.6. The van der Waals surface area contributed by atoms with E-state index in [0.717, 1.165) is 11.1 Å². The van der Waals surface area contributed by atoms with Gasteiger partial charge in [0, 0.05) is 18.9 Å². The Bertz CT molecular complexity index is 647. The van der Waals surface area contributed by atoms with Crippen LogP contribution in [0.25, 0.3) is 0 Å². The molecular weight excluding hydrogens is 302 g/mol. The highest BCUT2D eigenvalue weighted by molar-refractivity contribution is 6.32. The molecule has 0 saturated heterocycles. The second-order valence-corrected chi connectivity index (χ2v) is 5.15. The van der Waals surface area contributed by atoms with Crippen LogP contribution in [0.1, 0.15) is 28.5 Å². The van der Waals surface area contributed by atoms with Crippen molar-refractivity contribution >= 4 is 17.5 Å². The summed E-state index contributed by atoms with van der Waals surface area (Å²) in [7, 11) is 0. The molecule has 1 aromatic heterocycles. The fourth-order valence-corrected chi connectivity index (χ4v) is 2.29. The van der Waals surface area contributed by atoms with Crippen molar-refractivity contribution in [3.8, 4) is 5.75 Å². The molecule has 0 unspecified atom stereocenters. The topological polar surface area (TPSA) is 64.1 Å². The maximum absolute atomic E-state index is 11.9. The molecule has 0 fully saturated rings. The standard InChI is InChI=1S/C16H18ClN3O2/c1-3-22-15-8-11(2)12(9-13(15)17)4-5-20-16(21)14-10-18-6-7-19-14/h6-10H,3-5H2,1-2H3,(H,20,21). The molecule has 0 aliphatic heterocycles. The number of nitrogens with one attached hydrogen (secondary N) is 1. The summed E-state index contributed by atoms with van der Waals surface area (Å²) in [6.45, 7) is 4.99. The number of aryl methyl sites for hydroxylation is 1. The number of benzene rings is 1. The third-order valence-corrected chi connectivity index (χ3v) is 3.46. The second kappa shape index (κ2) is 7.75. The minimum Gasteiger partial charge on any atom is -0.492 e. The van der Waals surface area contributed by atoms with Gasteiger partial charge in [0.25, 0.3) is 5.91 Å². The summed E-state index contributed by atoms with van der Waals surface area (Å²) >= 11 is 6.19. The van der Waals surface area contributed by atoms with Crippen molar-refractivity contribution in [2.75, 3.05) is 13.2 Å². The minimum atomic E-state index is -0.234. The van der Waals surface area contributed by atoms with Gasteiger partial charge in [-0.05, 0) is 43.5 Å². The summed E-state index contributed by atoms with van der Waals surface area (Å²) in [6.07, 6.45) is 5.14. The van der Waals surface area contributed by atoms with Crippen molar-refractivity contribution in [1.82, 2.24) is 15.3 Å². The van der Waals surface area contributed by atoms with Gasteiger partial charge in [0.05, 0.1) is 17.8 Å². The second-order valence-electron chi connectivity index (χ2n) is 4.74. The molecule has 1 heterocycles. The predicted molar refractivity (Wildman–Crippen MR) is 85.4 cm³/mol. The largest absolute Gasteiger partial charge is 0.492 e. The zero-order valence-corrected chi connectivity index (χ0v) is 13.4.